The van der Waals surface area contributed by atoms with Crippen molar-refractivity contribution in [3.63, 3.8) is 0 Å². The first-order chi connectivity index (χ1) is 11.2. The summed E-state index contributed by atoms with van der Waals surface area (Å²) in [5.41, 5.74) is 1.56. The number of hydrogen-bond acceptors (Lipinski definition) is 3. The number of likely N-dealkylation sites (tertiary alicyclic amines) is 1. The number of nitrogens with one attached hydrogen (secondary N) is 1. The quantitative estimate of drug-likeness (QED) is 0.926. The van der Waals surface area contributed by atoms with Crippen molar-refractivity contribution in [2.24, 2.45) is 11.3 Å². The Labute approximate surface area is 145 Å². The molecule has 0 atom stereocenters. The first-order valence-corrected chi connectivity index (χ1v) is 8.56. The largest absolute Gasteiger partial charge is 0.378 e. The van der Waals surface area contributed by atoms with Crippen LogP contribution < -0.4 is 10.2 Å². The Morgan fingerprint density at radius 2 is 1.62 bits per heavy atom. The van der Waals surface area contributed by atoms with Gasteiger partial charge in [0, 0.05) is 49.9 Å². The zero-order chi connectivity index (χ0) is 17.9. The van der Waals surface area contributed by atoms with Crippen LogP contribution >= 0.6 is 0 Å². The number of piperidine rings is 1. The van der Waals surface area contributed by atoms with E-state index < -0.39 is 0 Å². The number of anilines is 2. The molecule has 0 aromatic heterocycles. The molecule has 0 radical (unpaired) electrons. The van der Waals surface area contributed by atoms with Crippen LogP contribution in [0.15, 0.2) is 24.3 Å². The minimum atomic E-state index is -0.358. The van der Waals surface area contributed by atoms with Gasteiger partial charge in [0.15, 0.2) is 0 Å². The lowest BCUT2D eigenvalue weighted by Crippen LogP contribution is -2.45. The second-order valence-electron chi connectivity index (χ2n) is 7.75. The maximum atomic E-state index is 12.4. The zero-order valence-electron chi connectivity index (χ0n) is 15.4. The number of nitrogens with zero attached hydrogens (tertiary/aromatic N) is 2. The third kappa shape index (κ3) is 4.49. The fraction of sp³-hybridized carbons (Fsp3) is 0.579. The Kier molecular flexibility index (Phi) is 5.52. The molecule has 2 rings (SSSR count). The van der Waals surface area contributed by atoms with E-state index in [1.54, 1.807) is 0 Å². The minimum absolute atomic E-state index is 0.0254. The molecule has 1 saturated heterocycles. The van der Waals surface area contributed by atoms with E-state index in [4.69, 9.17) is 0 Å². The molecule has 0 unspecified atom stereocenters. The molecule has 1 N–H and O–H groups in total. The summed E-state index contributed by atoms with van der Waals surface area (Å²) < 4.78 is 0. The molecule has 1 aliphatic heterocycles. The maximum absolute atomic E-state index is 12.4. The van der Waals surface area contributed by atoms with E-state index in [-0.39, 0.29) is 23.1 Å². The summed E-state index contributed by atoms with van der Waals surface area (Å²) in [6, 6.07) is 7.82. The molecule has 1 aromatic carbocycles. The first kappa shape index (κ1) is 18.3. The van der Waals surface area contributed by atoms with Crippen molar-refractivity contribution in [1.29, 1.82) is 0 Å². The van der Waals surface area contributed by atoms with E-state index in [1.165, 1.54) is 0 Å². The zero-order valence-corrected chi connectivity index (χ0v) is 15.4. The van der Waals surface area contributed by atoms with E-state index in [1.807, 2.05) is 68.9 Å². The van der Waals surface area contributed by atoms with Gasteiger partial charge in [-0.05, 0) is 37.1 Å². The molecule has 1 aromatic rings. The smallest absolute Gasteiger partial charge is 0.227 e. The summed E-state index contributed by atoms with van der Waals surface area (Å²) in [4.78, 5) is 28.6. The molecule has 24 heavy (non-hydrogen) atoms. The summed E-state index contributed by atoms with van der Waals surface area (Å²) in [5.74, 6) is 0.193. The third-order valence-corrected chi connectivity index (χ3v) is 4.45. The highest BCUT2D eigenvalue weighted by molar-refractivity contribution is 5.93. The van der Waals surface area contributed by atoms with Crippen molar-refractivity contribution < 1.29 is 9.59 Å². The molecule has 5 nitrogen and oxygen atoms in total. The number of benzene rings is 1. The summed E-state index contributed by atoms with van der Waals surface area (Å²) in [7, 11) is 3.97. The van der Waals surface area contributed by atoms with Gasteiger partial charge >= 0.3 is 0 Å². The highest BCUT2D eigenvalue weighted by Gasteiger charge is 2.32. The lowest BCUT2D eigenvalue weighted by Gasteiger charge is -2.35. The minimum Gasteiger partial charge on any atom is -0.378 e. The van der Waals surface area contributed by atoms with Crippen LogP contribution in [0.2, 0.25) is 0 Å². The van der Waals surface area contributed by atoms with Gasteiger partial charge in [0.25, 0.3) is 0 Å². The average Bonchev–Trinajstić information content (AvgIpc) is 2.54. The SMILES string of the molecule is CN(C)c1ccc(NC(=O)C2CCN(C(=O)C(C)(C)C)CC2)cc1. The maximum Gasteiger partial charge on any atom is 0.227 e. The van der Waals surface area contributed by atoms with Crippen LogP contribution in [-0.4, -0.2) is 43.9 Å². The summed E-state index contributed by atoms with van der Waals surface area (Å²) in [6.45, 7) is 7.13. The predicted octanol–water partition coefficient (Wildman–Crippen LogP) is 2.98. The van der Waals surface area contributed by atoms with Crippen LogP contribution in [0.1, 0.15) is 33.6 Å². The number of rotatable bonds is 3. The highest BCUT2D eigenvalue weighted by atomic mass is 16.2. The normalized spacial score (nSPS) is 16.0. The summed E-state index contributed by atoms with van der Waals surface area (Å²) >= 11 is 0. The van der Waals surface area contributed by atoms with Crippen molar-refractivity contribution in [3.8, 4) is 0 Å². The Morgan fingerprint density at radius 3 is 2.08 bits per heavy atom. The Hall–Kier alpha value is -2.04. The van der Waals surface area contributed by atoms with Crippen molar-refractivity contribution in [2.75, 3.05) is 37.4 Å². The van der Waals surface area contributed by atoms with Gasteiger partial charge in [-0.1, -0.05) is 20.8 Å². The van der Waals surface area contributed by atoms with Crippen molar-refractivity contribution in [2.45, 2.75) is 33.6 Å². The van der Waals surface area contributed by atoms with Gasteiger partial charge in [0.2, 0.25) is 11.8 Å². The van der Waals surface area contributed by atoms with Crippen LogP contribution in [0.5, 0.6) is 0 Å². The summed E-state index contributed by atoms with van der Waals surface area (Å²) in [5, 5.41) is 2.99. The Bertz CT molecular complexity index is 580. The molecule has 5 heteroatoms. The van der Waals surface area contributed by atoms with Crippen LogP contribution in [0.25, 0.3) is 0 Å². The van der Waals surface area contributed by atoms with Gasteiger partial charge in [0.05, 0.1) is 0 Å². The van der Waals surface area contributed by atoms with Crippen LogP contribution in [0.4, 0.5) is 11.4 Å². The van der Waals surface area contributed by atoms with Crippen LogP contribution in [-0.2, 0) is 9.59 Å². The van der Waals surface area contributed by atoms with E-state index in [2.05, 4.69) is 5.32 Å². The average molecular weight is 331 g/mol. The predicted molar refractivity (Wildman–Crippen MR) is 98.2 cm³/mol. The molecule has 1 heterocycles. The van der Waals surface area contributed by atoms with Crippen molar-refractivity contribution in [1.82, 2.24) is 4.90 Å². The number of carbonyl (C=O) groups is 2. The highest BCUT2D eigenvalue weighted by Crippen LogP contribution is 2.25. The van der Waals surface area contributed by atoms with Gasteiger partial charge in [0.1, 0.15) is 0 Å². The molecule has 0 spiro atoms. The molecule has 1 fully saturated rings. The topological polar surface area (TPSA) is 52.7 Å². The fourth-order valence-electron chi connectivity index (χ4n) is 2.91. The monoisotopic (exact) mass is 331 g/mol. The number of hydrogen-bond donors (Lipinski definition) is 1. The van der Waals surface area contributed by atoms with Gasteiger partial charge < -0.3 is 15.1 Å². The standard InChI is InChI=1S/C19H29N3O2/c1-19(2,3)18(24)22-12-10-14(11-13-22)17(23)20-15-6-8-16(9-7-15)21(4)5/h6-9,14H,10-13H2,1-5H3,(H,20,23). The first-order valence-electron chi connectivity index (χ1n) is 8.56. The second-order valence-corrected chi connectivity index (χ2v) is 7.75. The third-order valence-electron chi connectivity index (χ3n) is 4.45. The number of amides is 2. The number of carbonyl (C=O) groups excluding carboxylic acids is 2. The molecular weight excluding hydrogens is 302 g/mol. The van der Waals surface area contributed by atoms with E-state index in [0.717, 1.165) is 24.2 Å². The molecule has 0 bridgehead atoms. The lowest BCUT2D eigenvalue weighted by atomic mass is 9.90. The fourth-order valence-corrected chi connectivity index (χ4v) is 2.91. The van der Waals surface area contributed by atoms with Crippen molar-refractivity contribution in [3.05, 3.63) is 24.3 Å². The Morgan fingerprint density at radius 1 is 1.08 bits per heavy atom. The molecule has 1 aliphatic rings. The molecule has 132 valence electrons. The molecule has 0 aliphatic carbocycles. The van der Waals surface area contributed by atoms with Crippen LogP contribution in [0, 0.1) is 11.3 Å². The molecule has 2 amide bonds. The van der Waals surface area contributed by atoms with Crippen LogP contribution in [0.3, 0.4) is 0 Å². The lowest BCUT2D eigenvalue weighted by molar-refractivity contribution is -0.142. The van der Waals surface area contributed by atoms with Gasteiger partial charge in [-0.25, -0.2) is 0 Å². The Balaban J connectivity index is 1.88. The summed E-state index contributed by atoms with van der Waals surface area (Å²) in [6.07, 6.45) is 1.45. The van der Waals surface area contributed by atoms with Crippen molar-refractivity contribution >= 4 is 23.2 Å². The van der Waals surface area contributed by atoms with E-state index >= 15 is 0 Å². The molecule has 0 saturated carbocycles. The van der Waals surface area contributed by atoms with E-state index in [0.29, 0.717) is 13.1 Å². The second kappa shape index (κ2) is 7.24. The van der Waals surface area contributed by atoms with E-state index in [9.17, 15) is 9.59 Å². The van der Waals surface area contributed by atoms with Gasteiger partial charge in [-0.15, -0.1) is 0 Å². The van der Waals surface area contributed by atoms with Gasteiger partial charge in [-0.3, -0.25) is 9.59 Å². The molecular formula is C19H29N3O2. The van der Waals surface area contributed by atoms with Gasteiger partial charge in [-0.2, -0.15) is 0 Å².